The molecule has 0 bridgehead atoms. The van der Waals surface area contributed by atoms with Gasteiger partial charge < -0.3 is 10.1 Å². The lowest BCUT2D eigenvalue weighted by atomic mass is 9.94. The van der Waals surface area contributed by atoms with Gasteiger partial charge >= 0.3 is 6.03 Å². The van der Waals surface area contributed by atoms with Crippen molar-refractivity contribution in [3.8, 4) is 5.75 Å². The van der Waals surface area contributed by atoms with Crippen molar-refractivity contribution in [3.63, 3.8) is 0 Å². The van der Waals surface area contributed by atoms with Crippen molar-refractivity contribution in [1.29, 1.82) is 0 Å². The number of amides is 3. The highest BCUT2D eigenvalue weighted by Crippen LogP contribution is 2.31. The first-order chi connectivity index (χ1) is 13.2. The second kappa shape index (κ2) is 8.14. The maximum atomic E-state index is 12.4. The van der Waals surface area contributed by atoms with E-state index in [1.165, 1.54) is 0 Å². The molecule has 27 heavy (non-hydrogen) atoms. The van der Waals surface area contributed by atoms with Crippen LogP contribution in [0.25, 0.3) is 6.08 Å². The summed E-state index contributed by atoms with van der Waals surface area (Å²) in [4.78, 5) is 36.6. The number of carbonyl (C=O) groups excluding carboxylic acids is 3. The number of aldehydes is 1. The van der Waals surface area contributed by atoms with Gasteiger partial charge in [0.15, 0.2) is 6.29 Å². The van der Waals surface area contributed by atoms with E-state index in [0.29, 0.717) is 29.5 Å². The van der Waals surface area contributed by atoms with E-state index in [1.54, 1.807) is 43.5 Å². The molecule has 136 valence electrons. The number of carbonyl (C=O) groups is 3. The van der Waals surface area contributed by atoms with E-state index in [1.807, 2.05) is 30.3 Å². The van der Waals surface area contributed by atoms with Gasteiger partial charge in [-0.25, -0.2) is 4.79 Å². The zero-order valence-corrected chi connectivity index (χ0v) is 14.7. The van der Waals surface area contributed by atoms with Crippen molar-refractivity contribution < 1.29 is 19.1 Å². The second-order valence-corrected chi connectivity index (χ2v) is 5.85. The van der Waals surface area contributed by atoms with Crippen LogP contribution in [0.1, 0.15) is 17.2 Å². The average Bonchev–Trinajstić information content (AvgIpc) is 2.72. The van der Waals surface area contributed by atoms with Gasteiger partial charge in [-0.3, -0.25) is 14.5 Å². The number of allylic oxidation sites excluding steroid dienone is 1. The highest BCUT2D eigenvalue weighted by molar-refractivity contribution is 5.94. The molecular formula is C21H18N2O4. The van der Waals surface area contributed by atoms with E-state index in [-0.39, 0.29) is 0 Å². The molecule has 1 heterocycles. The Morgan fingerprint density at radius 2 is 1.70 bits per heavy atom. The van der Waals surface area contributed by atoms with Gasteiger partial charge in [-0.15, -0.1) is 0 Å². The standard InChI is InChI=1S/C21H18N2O4/c1-27-17-10-7-15(8-11-17)9-12-19-18(13-24)20(16-5-3-2-4-6-16)23(14-25)21(26)22-19/h2-14,20H,1H3,(H,22,26)/b12-9+. The molecule has 2 aromatic carbocycles. The Labute approximate surface area is 156 Å². The zero-order valence-electron chi connectivity index (χ0n) is 14.7. The minimum absolute atomic E-state index is 0.303. The molecule has 6 nitrogen and oxygen atoms in total. The Morgan fingerprint density at radius 1 is 1.00 bits per heavy atom. The van der Waals surface area contributed by atoms with Gasteiger partial charge in [-0.05, 0) is 29.3 Å². The van der Waals surface area contributed by atoms with E-state index in [0.717, 1.165) is 16.2 Å². The van der Waals surface area contributed by atoms with Crippen molar-refractivity contribution in [3.05, 3.63) is 83.1 Å². The molecule has 1 aliphatic heterocycles. The van der Waals surface area contributed by atoms with Crippen LogP contribution in [0.2, 0.25) is 0 Å². The maximum Gasteiger partial charge on any atom is 0.329 e. The SMILES string of the molecule is COc1ccc(/C=C/C2=C(C=O)C(c3ccccc3)N(C=O)C(=O)N2)cc1. The Kier molecular flexibility index (Phi) is 5.47. The van der Waals surface area contributed by atoms with Gasteiger partial charge in [0, 0.05) is 5.57 Å². The van der Waals surface area contributed by atoms with E-state index in [4.69, 9.17) is 4.74 Å². The third-order valence-corrected chi connectivity index (χ3v) is 4.27. The van der Waals surface area contributed by atoms with Gasteiger partial charge in [0.1, 0.15) is 5.75 Å². The number of methoxy groups -OCH3 is 1. The molecule has 3 amide bonds. The fourth-order valence-corrected chi connectivity index (χ4v) is 2.91. The Morgan fingerprint density at radius 3 is 2.30 bits per heavy atom. The van der Waals surface area contributed by atoms with Crippen LogP contribution >= 0.6 is 0 Å². The molecule has 1 atom stereocenters. The lowest BCUT2D eigenvalue weighted by molar-refractivity contribution is -0.117. The maximum absolute atomic E-state index is 12.4. The number of nitrogens with zero attached hydrogens (tertiary/aromatic N) is 1. The van der Waals surface area contributed by atoms with Crippen molar-refractivity contribution in [2.24, 2.45) is 0 Å². The highest BCUT2D eigenvalue weighted by Gasteiger charge is 2.34. The minimum atomic E-state index is -0.773. The number of benzene rings is 2. The van der Waals surface area contributed by atoms with Crippen molar-refractivity contribution in [2.45, 2.75) is 6.04 Å². The van der Waals surface area contributed by atoms with Crippen LogP contribution in [0, 0.1) is 0 Å². The summed E-state index contributed by atoms with van der Waals surface area (Å²) in [6, 6.07) is 14.9. The summed E-state index contributed by atoms with van der Waals surface area (Å²) in [5, 5.41) is 2.60. The fraction of sp³-hybridized carbons (Fsp3) is 0.0952. The van der Waals surface area contributed by atoms with Crippen LogP contribution in [0.3, 0.4) is 0 Å². The average molecular weight is 362 g/mol. The summed E-state index contributed by atoms with van der Waals surface area (Å²) in [6.07, 6.45) is 4.53. The van der Waals surface area contributed by atoms with Crippen molar-refractivity contribution in [2.75, 3.05) is 7.11 Å². The number of urea groups is 1. The Hall–Kier alpha value is -3.67. The topological polar surface area (TPSA) is 75.7 Å². The van der Waals surface area contributed by atoms with Gasteiger partial charge in [0.2, 0.25) is 6.41 Å². The molecule has 0 saturated carbocycles. The molecular weight excluding hydrogens is 344 g/mol. The Balaban J connectivity index is 2.01. The summed E-state index contributed by atoms with van der Waals surface area (Å²) in [6.45, 7) is 0. The van der Waals surface area contributed by atoms with E-state index < -0.39 is 12.1 Å². The van der Waals surface area contributed by atoms with Gasteiger partial charge in [-0.2, -0.15) is 0 Å². The number of imide groups is 1. The molecule has 0 aliphatic carbocycles. The lowest BCUT2D eigenvalue weighted by Gasteiger charge is -2.33. The summed E-state index contributed by atoms with van der Waals surface area (Å²) in [5.74, 6) is 0.733. The third-order valence-electron chi connectivity index (χ3n) is 4.27. The van der Waals surface area contributed by atoms with E-state index in [9.17, 15) is 14.4 Å². The fourth-order valence-electron chi connectivity index (χ4n) is 2.91. The Bertz CT molecular complexity index is 902. The van der Waals surface area contributed by atoms with Crippen molar-refractivity contribution >= 4 is 24.8 Å². The second-order valence-electron chi connectivity index (χ2n) is 5.85. The number of hydrogen-bond donors (Lipinski definition) is 1. The van der Waals surface area contributed by atoms with Crippen LogP contribution in [-0.2, 0) is 9.59 Å². The number of hydrogen-bond acceptors (Lipinski definition) is 4. The number of nitrogens with one attached hydrogen (secondary N) is 1. The summed E-state index contributed by atoms with van der Waals surface area (Å²) >= 11 is 0. The summed E-state index contributed by atoms with van der Waals surface area (Å²) in [5.41, 5.74) is 2.21. The van der Waals surface area contributed by atoms with Crippen LogP contribution < -0.4 is 10.1 Å². The van der Waals surface area contributed by atoms with Crippen LogP contribution in [0.15, 0.2) is 71.9 Å². The molecule has 1 unspecified atom stereocenters. The molecule has 0 saturated heterocycles. The monoisotopic (exact) mass is 362 g/mol. The van der Waals surface area contributed by atoms with E-state index in [2.05, 4.69) is 5.32 Å². The molecule has 1 aliphatic rings. The van der Waals surface area contributed by atoms with Gasteiger partial charge in [0.25, 0.3) is 0 Å². The predicted octanol–water partition coefficient (Wildman–Crippen LogP) is 3.08. The van der Waals surface area contributed by atoms with Crippen LogP contribution in [0.5, 0.6) is 5.75 Å². The van der Waals surface area contributed by atoms with Crippen molar-refractivity contribution in [1.82, 2.24) is 10.2 Å². The first kappa shape index (κ1) is 18.1. The predicted molar refractivity (Wildman–Crippen MR) is 101 cm³/mol. The molecule has 1 N–H and O–H groups in total. The lowest BCUT2D eigenvalue weighted by Crippen LogP contribution is -2.46. The molecule has 0 aromatic heterocycles. The first-order valence-electron chi connectivity index (χ1n) is 8.29. The van der Waals surface area contributed by atoms with E-state index >= 15 is 0 Å². The molecule has 0 fully saturated rings. The van der Waals surface area contributed by atoms with Crippen LogP contribution in [0.4, 0.5) is 4.79 Å². The molecule has 3 rings (SSSR count). The van der Waals surface area contributed by atoms with Gasteiger partial charge in [0.05, 0.1) is 18.8 Å². The smallest absolute Gasteiger partial charge is 0.329 e. The molecule has 0 spiro atoms. The summed E-state index contributed by atoms with van der Waals surface area (Å²) < 4.78 is 5.12. The van der Waals surface area contributed by atoms with Crippen LogP contribution in [-0.4, -0.2) is 30.7 Å². The molecule has 6 heteroatoms. The quantitative estimate of drug-likeness (QED) is 0.802. The first-order valence-corrected chi connectivity index (χ1v) is 8.29. The largest absolute Gasteiger partial charge is 0.497 e. The number of rotatable bonds is 6. The van der Waals surface area contributed by atoms with Gasteiger partial charge in [-0.1, -0.05) is 48.5 Å². The molecule has 2 aromatic rings. The minimum Gasteiger partial charge on any atom is -0.497 e. The zero-order chi connectivity index (χ0) is 19.2. The highest BCUT2D eigenvalue weighted by atomic mass is 16.5. The normalized spacial score (nSPS) is 17.0. The third kappa shape index (κ3) is 3.79. The number of ether oxygens (including phenoxy) is 1. The molecule has 0 radical (unpaired) electrons. The summed E-state index contributed by atoms with van der Waals surface area (Å²) in [7, 11) is 1.59.